The van der Waals surface area contributed by atoms with E-state index in [0.29, 0.717) is 36.9 Å². The second kappa shape index (κ2) is 16.6. The zero-order valence-electron chi connectivity index (χ0n) is 17.0. The Morgan fingerprint density at radius 3 is 2.30 bits per heavy atom. The van der Waals surface area contributed by atoms with Gasteiger partial charge in [-0.1, -0.05) is 27.2 Å². The van der Waals surface area contributed by atoms with Crippen molar-refractivity contribution < 1.29 is 30.0 Å². The van der Waals surface area contributed by atoms with Crippen LogP contribution in [0.25, 0.3) is 0 Å². The lowest BCUT2D eigenvalue weighted by Crippen LogP contribution is -2.43. The minimum absolute atomic E-state index is 0.0479. The van der Waals surface area contributed by atoms with E-state index in [4.69, 9.17) is 14.9 Å². The lowest BCUT2D eigenvalue weighted by atomic mass is 10.0. The molecule has 0 aliphatic heterocycles. The van der Waals surface area contributed by atoms with E-state index in [2.05, 4.69) is 13.8 Å². The van der Waals surface area contributed by atoms with Gasteiger partial charge in [0.15, 0.2) is 0 Å². The molecule has 0 aromatic heterocycles. The Kier molecular flexibility index (Phi) is 16.3. The van der Waals surface area contributed by atoms with Crippen molar-refractivity contribution in [2.24, 2.45) is 11.8 Å². The predicted molar refractivity (Wildman–Crippen MR) is 109 cm³/mol. The fraction of sp³-hybridized carbons (Fsp3) is 0.947. The molecule has 0 rings (SSSR count). The Labute approximate surface area is 168 Å². The molecule has 0 amide bonds. The third-order valence-electron chi connectivity index (χ3n) is 4.62. The maximum atomic E-state index is 11.7. The summed E-state index contributed by atoms with van der Waals surface area (Å²) in [5.74, 6) is 1.42. The van der Waals surface area contributed by atoms with Crippen LogP contribution in [0.3, 0.4) is 0 Å². The van der Waals surface area contributed by atoms with Crippen molar-refractivity contribution in [1.82, 2.24) is 4.90 Å². The van der Waals surface area contributed by atoms with Gasteiger partial charge < -0.3 is 25.2 Å². The van der Waals surface area contributed by atoms with Gasteiger partial charge in [-0.25, -0.2) is 0 Å². The van der Waals surface area contributed by atoms with Crippen LogP contribution in [0.4, 0.5) is 0 Å². The van der Waals surface area contributed by atoms with Crippen LogP contribution in [0.15, 0.2) is 0 Å². The standard InChI is InChI=1S/C19H39NO6S/c1-4-15(2)5-6-17(23)13-26-18(24)7-12-27-14-16(3)19(25)20(8-10-21)9-11-22/h15-17,19,21-23,25H,4-14H2,1-3H3. The molecule has 0 aromatic carbocycles. The van der Waals surface area contributed by atoms with Gasteiger partial charge in [0.2, 0.25) is 0 Å². The lowest BCUT2D eigenvalue weighted by Gasteiger charge is -2.30. The van der Waals surface area contributed by atoms with Crippen molar-refractivity contribution in [3.63, 3.8) is 0 Å². The van der Waals surface area contributed by atoms with E-state index in [1.165, 1.54) is 0 Å². The van der Waals surface area contributed by atoms with Crippen molar-refractivity contribution in [1.29, 1.82) is 0 Å². The number of ether oxygens (including phenoxy) is 1. The quantitative estimate of drug-likeness (QED) is 0.160. The van der Waals surface area contributed by atoms with Crippen molar-refractivity contribution >= 4 is 17.7 Å². The highest BCUT2D eigenvalue weighted by atomic mass is 32.2. The summed E-state index contributed by atoms with van der Waals surface area (Å²) >= 11 is 1.55. The number of aliphatic hydroxyl groups is 4. The Balaban J connectivity index is 3.90. The molecule has 27 heavy (non-hydrogen) atoms. The predicted octanol–water partition coefficient (Wildman–Crippen LogP) is 1.08. The van der Waals surface area contributed by atoms with E-state index in [9.17, 15) is 15.0 Å². The number of carbonyl (C=O) groups is 1. The van der Waals surface area contributed by atoms with Gasteiger partial charge in [-0.05, 0) is 24.5 Å². The number of carbonyl (C=O) groups excluding carboxylic acids is 1. The van der Waals surface area contributed by atoms with Gasteiger partial charge in [0.1, 0.15) is 12.8 Å². The first-order valence-corrected chi connectivity index (χ1v) is 11.1. The van der Waals surface area contributed by atoms with Crippen molar-refractivity contribution in [3.05, 3.63) is 0 Å². The van der Waals surface area contributed by atoms with Gasteiger partial charge in [-0.3, -0.25) is 9.69 Å². The molecule has 7 nitrogen and oxygen atoms in total. The van der Waals surface area contributed by atoms with Crippen molar-refractivity contribution in [2.75, 3.05) is 44.4 Å². The highest BCUT2D eigenvalue weighted by molar-refractivity contribution is 7.99. The summed E-state index contributed by atoms with van der Waals surface area (Å²) in [4.78, 5) is 13.4. The molecule has 0 fully saturated rings. The van der Waals surface area contributed by atoms with Crippen molar-refractivity contribution in [2.45, 2.75) is 58.8 Å². The molecule has 0 aromatic rings. The third kappa shape index (κ3) is 13.4. The molecule has 0 saturated carbocycles. The topological polar surface area (TPSA) is 110 Å². The van der Waals surface area contributed by atoms with Gasteiger partial charge in [-0.2, -0.15) is 11.8 Å². The van der Waals surface area contributed by atoms with Crippen LogP contribution in [-0.4, -0.2) is 88.0 Å². The molecule has 0 saturated heterocycles. The zero-order chi connectivity index (χ0) is 20.7. The summed E-state index contributed by atoms with van der Waals surface area (Å²) < 4.78 is 5.11. The zero-order valence-corrected chi connectivity index (χ0v) is 17.9. The molecule has 0 aliphatic carbocycles. The van der Waals surface area contributed by atoms with Gasteiger partial charge in [0.05, 0.1) is 25.7 Å². The second-order valence-corrected chi connectivity index (χ2v) is 8.28. The number of hydrogen-bond acceptors (Lipinski definition) is 8. The van der Waals surface area contributed by atoms with Crippen LogP contribution >= 0.6 is 11.8 Å². The first-order valence-electron chi connectivity index (χ1n) is 9.90. The molecular weight excluding hydrogens is 370 g/mol. The molecule has 0 radical (unpaired) electrons. The molecule has 0 bridgehead atoms. The summed E-state index contributed by atoms with van der Waals surface area (Å²) in [6, 6.07) is 0. The smallest absolute Gasteiger partial charge is 0.306 e. The normalized spacial score (nSPS) is 16.1. The molecule has 8 heteroatoms. The molecule has 4 atom stereocenters. The van der Waals surface area contributed by atoms with Gasteiger partial charge in [0.25, 0.3) is 0 Å². The van der Waals surface area contributed by atoms with Gasteiger partial charge in [0, 0.05) is 24.8 Å². The Morgan fingerprint density at radius 2 is 1.74 bits per heavy atom. The minimum atomic E-state index is -0.746. The Hall–Kier alpha value is -0.380. The van der Waals surface area contributed by atoms with Crippen molar-refractivity contribution in [3.8, 4) is 0 Å². The Morgan fingerprint density at radius 1 is 1.11 bits per heavy atom. The highest BCUT2D eigenvalue weighted by Crippen LogP contribution is 2.16. The second-order valence-electron chi connectivity index (χ2n) is 7.13. The van der Waals surface area contributed by atoms with Gasteiger partial charge in [-0.15, -0.1) is 0 Å². The third-order valence-corrected chi connectivity index (χ3v) is 5.87. The van der Waals surface area contributed by atoms with Crippen LogP contribution in [0.1, 0.15) is 46.5 Å². The van der Waals surface area contributed by atoms with Gasteiger partial charge >= 0.3 is 5.97 Å². The van der Waals surface area contributed by atoms with E-state index < -0.39 is 12.3 Å². The van der Waals surface area contributed by atoms with Crippen LogP contribution < -0.4 is 0 Å². The fourth-order valence-corrected chi connectivity index (χ4v) is 3.55. The fourth-order valence-electron chi connectivity index (χ4n) is 2.53. The minimum Gasteiger partial charge on any atom is -0.463 e. The maximum absolute atomic E-state index is 11.7. The lowest BCUT2D eigenvalue weighted by molar-refractivity contribution is -0.146. The number of nitrogens with zero attached hydrogens (tertiary/aromatic N) is 1. The number of esters is 1. The number of rotatable bonds is 17. The van der Waals surface area contributed by atoms with Crippen LogP contribution in [-0.2, 0) is 9.53 Å². The SMILES string of the molecule is CCC(C)CCC(O)COC(=O)CCSCC(C)C(O)N(CCO)CCO. The molecule has 4 unspecified atom stereocenters. The van der Waals surface area contributed by atoms with Crippen LogP contribution in [0.2, 0.25) is 0 Å². The summed E-state index contributed by atoms with van der Waals surface area (Å²) in [6.45, 7) is 6.66. The summed E-state index contributed by atoms with van der Waals surface area (Å²) in [5, 5.41) is 38.2. The maximum Gasteiger partial charge on any atom is 0.306 e. The average molecular weight is 410 g/mol. The Bertz CT molecular complexity index is 368. The number of hydrogen-bond donors (Lipinski definition) is 4. The number of aliphatic hydroxyl groups excluding tert-OH is 4. The molecule has 0 heterocycles. The average Bonchev–Trinajstić information content (AvgIpc) is 2.66. The van der Waals surface area contributed by atoms with E-state index >= 15 is 0 Å². The van der Waals surface area contributed by atoms with E-state index in [0.717, 1.165) is 12.8 Å². The summed E-state index contributed by atoms with van der Waals surface area (Å²) in [5.41, 5.74) is 0. The highest BCUT2D eigenvalue weighted by Gasteiger charge is 2.21. The summed E-state index contributed by atoms with van der Waals surface area (Å²) in [7, 11) is 0. The molecule has 162 valence electrons. The van der Waals surface area contributed by atoms with E-state index in [1.54, 1.807) is 16.7 Å². The monoisotopic (exact) mass is 409 g/mol. The van der Waals surface area contributed by atoms with E-state index in [-0.39, 0.29) is 38.1 Å². The van der Waals surface area contributed by atoms with Crippen LogP contribution in [0, 0.1) is 11.8 Å². The first-order chi connectivity index (χ1) is 12.8. The molecule has 0 spiro atoms. The van der Waals surface area contributed by atoms with E-state index in [1.807, 2.05) is 6.92 Å². The number of thioether (sulfide) groups is 1. The molecule has 4 N–H and O–H groups in total. The molecule has 0 aliphatic rings. The summed E-state index contributed by atoms with van der Waals surface area (Å²) in [6.07, 6.45) is 1.57. The first kappa shape index (κ1) is 26.6. The van der Waals surface area contributed by atoms with Crippen LogP contribution in [0.5, 0.6) is 0 Å². The largest absolute Gasteiger partial charge is 0.463 e. The molecular formula is C19H39NO6S.